The number of aryl methyl sites for hydroxylation is 4. The van der Waals surface area contributed by atoms with Crippen LogP contribution in [0.25, 0.3) is 0 Å². The molecule has 0 amide bonds. The van der Waals surface area contributed by atoms with Gasteiger partial charge in [0, 0.05) is 43.5 Å². The van der Waals surface area contributed by atoms with Crippen LogP contribution in [0.4, 0.5) is 0 Å². The van der Waals surface area contributed by atoms with Crippen molar-refractivity contribution in [2.45, 2.75) is 53.1 Å². The van der Waals surface area contributed by atoms with Gasteiger partial charge in [-0.3, -0.25) is 9.36 Å². The van der Waals surface area contributed by atoms with E-state index in [0.717, 1.165) is 37.3 Å². The second kappa shape index (κ2) is 6.89. The highest BCUT2D eigenvalue weighted by Crippen LogP contribution is 2.21. The lowest BCUT2D eigenvalue weighted by Crippen LogP contribution is -2.25. The van der Waals surface area contributed by atoms with Crippen molar-refractivity contribution in [2.24, 2.45) is 7.05 Å². The summed E-state index contributed by atoms with van der Waals surface area (Å²) in [5.74, 6) is 0. The molecule has 0 bridgehead atoms. The Morgan fingerprint density at radius 3 is 2.57 bits per heavy atom. The van der Waals surface area contributed by atoms with E-state index in [1.807, 2.05) is 11.7 Å². The summed E-state index contributed by atoms with van der Waals surface area (Å²) in [6.45, 7) is 10.4. The van der Waals surface area contributed by atoms with Crippen LogP contribution in [0.1, 0.15) is 49.0 Å². The minimum Gasteiger partial charge on any atom is -0.309 e. The third-order valence-corrected chi connectivity index (χ3v) is 3.77. The molecule has 0 saturated heterocycles. The average Bonchev–Trinajstić information content (AvgIpc) is 2.96. The van der Waals surface area contributed by atoms with Gasteiger partial charge < -0.3 is 5.32 Å². The third kappa shape index (κ3) is 3.73. The Morgan fingerprint density at radius 1 is 1.24 bits per heavy atom. The zero-order valence-electron chi connectivity index (χ0n) is 13.8. The molecule has 1 atom stereocenters. The van der Waals surface area contributed by atoms with Crippen molar-refractivity contribution in [3.05, 3.63) is 34.9 Å². The van der Waals surface area contributed by atoms with Crippen LogP contribution in [-0.2, 0) is 20.0 Å². The molecule has 0 spiro atoms. The fourth-order valence-electron chi connectivity index (χ4n) is 2.82. The van der Waals surface area contributed by atoms with Crippen molar-refractivity contribution in [2.75, 3.05) is 6.54 Å². The number of aromatic nitrogens is 4. The van der Waals surface area contributed by atoms with Crippen molar-refractivity contribution in [3.8, 4) is 0 Å². The number of hydrogen-bond donors (Lipinski definition) is 1. The molecule has 0 fully saturated rings. The lowest BCUT2D eigenvalue weighted by molar-refractivity contribution is 0.501. The molecule has 2 heterocycles. The van der Waals surface area contributed by atoms with Gasteiger partial charge >= 0.3 is 0 Å². The summed E-state index contributed by atoms with van der Waals surface area (Å²) < 4.78 is 4.00. The van der Waals surface area contributed by atoms with E-state index < -0.39 is 0 Å². The Bertz CT molecular complexity index is 582. The number of nitrogens with zero attached hydrogens (tertiary/aromatic N) is 4. The van der Waals surface area contributed by atoms with Gasteiger partial charge in [0.25, 0.3) is 0 Å². The van der Waals surface area contributed by atoms with Crippen LogP contribution in [0, 0.1) is 13.8 Å². The van der Waals surface area contributed by atoms with E-state index in [1.54, 1.807) is 0 Å². The van der Waals surface area contributed by atoms with E-state index in [2.05, 4.69) is 60.2 Å². The first kappa shape index (κ1) is 15.8. The van der Waals surface area contributed by atoms with Crippen LogP contribution < -0.4 is 5.32 Å². The summed E-state index contributed by atoms with van der Waals surface area (Å²) in [5.41, 5.74) is 4.76. The summed E-state index contributed by atoms with van der Waals surface area (Å²) in [4.78, 5) is 0. The summed E-state index contributed by atoms with van der Waals surface area (Å²) >= 11 is 0. The maximum atomic E-state index is 4.55. The molecule has 116 valence electrons. The predicted octanol–water partition coefficient (Wildman–Crippen LogP) is 2.54. The van der Waals surface area contributed by atoms with Crippen LogP contribution in [0.5, 0.6) is 0 Å². The normalized spacial score (nSPS) is 12.8. The fourth-order valence-corrected chi connectivity index (χ4v) is 2.82. The summed E-state index contributed by atoms with van der Waals surface area (Å²) in [6.07, 6.45) is 4.20. The van der Waals surface area contributed by atoms with Crippen molar-refractivity contribution in [3.63, 3.8) is 0 Å². The Hall–Kier alpha value is -1.62. The van der Waals surface area contributed by atoms with Gasteiger partial charge in [-0.05, 0) is 39.8 Å². The second-order valence-corrected chi connectivity index (χ2v) is 5.65. The molecule has 0 radical (unpaired) electrons. The molecule has 0 aliphatic rings. The van der Waals surface area contributed by atoms with Crippen molar-refractivity contribution in [1.82, 2.24) is 24.9 Å². The molecule has 1 N–H and O–H groups in total. The number of hydrogen-bond acceptors (Lipinski definition) is 3. The van der Waals surface area contributed by atoms with E-state index in [9.17, 15) is 0 Å². The average molecular weight is 289 g/mol. The lowest BCUT2D eigenvalue weighted by atomic mass is 10.0. The van der Waals surface area contributed by atoms with Gasteiger partial charge in [0.05, 0.1) is 11.4 Å². The van der Waals surface area contributed by atoms with Gasteiger partial charge in [-0.1, -0.05) is 6.92 Å². The second-order valence-electron chi connectivity index (χ2n) is 5.65. The highest BCUT2D eigenvalue weighted by Gasteiger charge is 2.18. The Morgan fingerprint density at radius 2 is 2.00 bits per heavy atom. The van der Waals surface area contributed by atoms with E-state index in [-0.39, 0.29) is 0 Å². The SMILES string of the molecule is CCCNC(Cc1cc(C)nn1CC)c1cn(C)nc1C. The Kier molecular flexibility index (Phi) is 5.17. The van der Waals surface area contributed by atoms with Crippen molar-refractivity contribution < 1.29 is 0 Å². The monoisotopic (exact) mass is 289 g/mol. The molecule has 2 aromatic rings. The minimum atomic E-state index is 0.292. The van der Waals surface area contributed by atoms with E-state index >= 15 is 0 Å². The number of rotatable bonds is 7. The zero-order chi connectivity index (χ0) is 15.4. The van der Waals surface area contributed by atoms with Gasteiger partial charge in [0.15, 0.2) is 0 Å². The first-order chi connectivity index (χ1) is 10.0. The zero-order valence-corrected chi connectivity index (χ0v) is 13.8. The van der Waals surface area contributed by atoms with E-state index in [4.69, 9.17) is 0 Å². The fraction of sp³-hybridized carbons (Fsp3) is 0.625. The molecule has 5 heteroatoms. The molecule has 0 aliphatic heterocycles. The largest absolute Gasteiger partial charge is 0.309 e. The summed E-state index contributed by atoms with van der Waals surface area (Å²) in [6, 6.07) is 2.48. The number of nitrogens with one attached hydrogen (secondary N) is 1. The Balaban J connectivity index is 2.25. The van der Waals surface area contributed by atoms with Crippen LogP contribution in [0.3, 0.4) is 0 Å². The highest BCUT2D eigenvalue weighted by molar-refractivity contribution is 5.23. The quantitative estimate of drug-likeness (QED) is 0.852. The smallest absolute Gasteiger partial charge is 0.0641 e. The topological polar surface area (TPSA) is 47.7 Å². The van der Waals surface area contributed by atoms with Crippen LogP contribution >= 0.6 is 0 Å². The molecule has 5 nitrogen and oxygen atoms in total. The molecule has 21 heavy (non-hydrogen) atoms. The first-order valence-corrected chi connectivity index (χ1v) is 7.82. The maximum Gasteiger partial charge on any atom is 0.0641 e. The molecule has 2 rings (SSSR count). The molecule has 1 unspecified atom stereocenters. The standard InChI is InChI=1S/C16H27N5/c1-6-8-17-16(15-11-20(5)19-13(15)4)10-14-9-12(3)18-21(14)7-2/h9,11,16-17H,6-8,10H2,1-5H3. The van der Waals surface area contributed by atoms with Crippen molar-refractivity contribution >= 4 is 0 Å². The molecule has 0 aromatic carbocycles. The highest BCUT2D eigenvalue weighted by atomic mass is 15.3. The van der Waals surface area contributed by atoms with Crippen LogP contribution in [-0.4, -0.2) is 26.1 Å². The van der Waals surface area contributed by atoms with Crippen LogP contribution in [0.15, 0.2) is 12.3 Å². The lowest BCUT2D eigenvalue weighted by Gasteiger charge is -2.18. The van der Waals surface area contributed by atoms with Gasteiger partial charge in [0.1, 0.15) is 0 Å². The van der Waals surface area contributed by atoms with Gasteiger partial charge in [0.2, 0.25) is 0 Å². The molecular weight excluding hydrogens is 262 g/mol. The van der Waals surface area contributed by atoms with E-state index in [0.29, 0.717) is 6.04 Å². The van der Waals surface area contributed by atoms with Crippen LogP contribution in [0.2, 0.25) is 0 Å². The summed E-state index contributed by atoms with van der Waals surface area (Å²) in [5, 5.41) is 12.7. The predicted molar refractivity (Wildman–Crippen MR) is 85.3 cm³/mol. The first-order valence-electron chi connectivity index (χ1n) is 7.82. The van der Waals surface area contributed by atoms with Gasteiger partial charge in [-0.25, -0.2) is 0 Å². The molecule has 0 saturated carbocycles. The summed E-state index contributed by atoms with van der Waals surface area (Å²) in [7, 11) is 1.98. The minimum absolute atomic E-state index is 0.292. The molecule has 2 aromatic heterocycles. The third-order valence-electron chi connectivity index (χ3n) is 3.77. The molecule has 0 aliphatic carbocycles. The van der Waals surface area contributed by atoms with Gasteiger partial charge in [-0.2, -0.15) is 10.2 Å². The Labute approximate surface area is 127 Å². The van der Waals surface area contributed by atoms with Crippen molar-refractivity contribution in [1.29, 1.82) is 0 Å². The molecular formula is C16H27N5. The maximum absolute atomic E-state index is 4.55. The van der Waals surface area contributed by atoms with E-state index in [1.165, 1.54) is 11.3 Å². The van der Waals surface area contributed by atoms with Gasteiger partial charge in [-0.15, -0.1) is 0 Å².